The Morgan fingerprint density at radius 1 is 1.52 bits per heavy atom. The Balaban J connectivity index is 1.72. The van der Waals surface area contributed by atoms with Crippen LogP contribution in [0.4, 0.5) is 0 Å². The molecule has 2 atom stereocenters. The van der Waals surface area contributed by atoms with E-state index in [-0.39, 0.29) is 36.3 Å². The minimum atomic E-state index is -0.174. The fourth-order valence-corrected chi connectivity index (χ4v) is 2.86. The summed E-state index contributed by atoms with van der Waals surface area (Å²) in [6.07, 6.45) is 1.47. The lowest BCUT2D eigenvalue weighted by Gasteiger charge is -2.45. The van der Waals surface area contributed by atoms with Gasteiger partial charge in [-0.15, -0.1) is 0 Å². The summed E-state index contributed by atoms with van der Waals surface area (Å²) in [5.41, 5.74) is 0.765. The summed E-state index contributed by atoms with van der Waals surface area (Å²) in [6.45, 7) is 3.16. The summed E-state index contributed by atoms with van der Waals surface area (Å²) >= 11 is 0. The molecule has 0 saturated carbocycles. The van der Waals surface area contributed by atoms with E-state index in [1.807, 2.05) is 6.92 Å². The number of carbonyl (C=O) groups excluding carboxylic acids is 2. The van der Waals surface area contributed by atoms with Crippen LogP contribution in [0.1, 0.15) is 29.6 Å². The molecular formula is C14H19N3O4. The summed E-state index contributed by atoms with van der Waals surface area (Å²) in [7, 11) is 1.76. The van der Waals surface area contributed by atoms with Crippen molar-refractivity contribution >= 4 is 11.8 Å². The highest BCUT2D eigenvalue weighted by atomic mass is 16.5. The molecule has 0 radical (unpaired) electrons. The molecule has 21 heavy (non-hydrogen) atoms. The monoisotopic (exact) mass is 293 g/mol. The van der Waals surface area contributed by atoms with Crippen molar-refractivity contribution in [2.75, 3.05) is 26.7 Å². The molecule has 0 aromatic carbocycles. The van der Waals surface area contributed by atoms with Gasteiger partial charge in [-0.3, -0.25) is 9.59 Å². The van der Waals surface area contributed by atoms with Gasteiger partial charge in [-0.05, 0) is 12.8 Å². The molecule has 2 saturated heterocycles. The number of rotatable bonds is 2. The molecule has 2 amide bonds. The van der Waals surface area contributed by atoms with Gasteiger partial charge < -0.3 is 19.1 Å². The number of morpholine rings is 1. The van der Waals surface area contributed by atoms with E-state index >= 15 is 0 Å². The standard InChI is InChI=1S/C14H19N3O4/c1-3-9-6-12(21-15-9)14(19)17-5-4-11-10(7-17)16(2)13(18)8-20-11/h6,10-11H,3-5,7-8H2,1-2H3/t10-,11+/m0/s1. The second-order valence-electron chi connectivity index (χ2n) is 5.50. The number of carbonyl (C=O) groups is 2. The smallest absolute Gasteiger partial charge is 0.292 e. The molecule has 2 fully saturated rings. The van der Waals surface area contributed by atoms with E-state index in [0.717, 1.165) is 18.5 Å². The maximum atomic E-state index is 12.4. The Hall–Kier alpha value is -1.89. The highest BCUT2D eigenvalue weighted by Gasteiger charge is 2.40. The fourth-order valence-electron chi connectivity index (χ4n) is 2.86. The number of ether oxygens (including phenoxy) is 1. The maximum Gasteiger partial charge on any atom is 0.292 e. The Kier molecular flexibility index (Phi) is 3.67. The van der Waals surface area contributed by atoms with Crippen LogP contribution in [0.3, 0.4) is 0 Å². The molecule has 114 valence electrons. The molecule has 3 heterocycles. The van der Waals surface area contributed by atoms with Gasteiger partial charge in [0.2, 0.25) is 11.7 Å². The Labute approximate surface area is 122 Å². The third kappa shape index (κ3) is 2.53. The van der Waals surface area contributed by atoms with Gasteiger partial charge in [0.15, 0.2) is 0 Å². The molecule has 1 aromatic rings. The molecule has 0 N–H and O–H groups in total. The van der Waals surface area contributed by atoms with Gasteiger partial charge in [-0.1, -0.05) is 12.1 Å². The Morgan fingerprint density at radius 2 is 2.33 bits per heavy atom. The van der Waals surface area contributed by atoms with Crippen LogP contribution in [0.15, 0.2) is 10.6 Å². The number of hydrogen-bond donors (Lipinski definition) is 0. The van der Waals surface area contributed by atoms with Crippen molar-refractivity contribution in [2.45, 2.75) is 31.9 Å². The second kappa shape index (κ2) is 5.48. The minimum absolute atomic E-state index is 0.0117. The predicted octanol–water partition coefficient (Wildman–Crippen LogP) is 0.309. The fraction of sp³-hybridized carbons (Fsp3) is 0.643. The molecule has 0 spiro atoms. The van der Waals surface area contributed by atoms with Crippen LogP contribution in [0.2, 0.25) is 0 Å². The molecule has 2 aliphatic heterocycles. The van der Waals surface area contributed by atoms with Gasteiger partial charge in [-0.2, -0.15) is 0 Å². The van der Waals surface area contributed by atoms with Gasteiger partial charge in [-0.25, -0.2) is 0 Å². The van der Waals surface area contributed by atoms with E-state index in [4.69, 9.17) is 9.26 Å². The van der Waals surface area contributed by atoms with Gasteiger partial charge in [0.25, 0.3) is 5.91 Å². The van der Waals surface area contributed by atoms with Gasteiger partial charge >= 0.3 is 0 Å². The minimum Gasteiger partial charge on any atom is -0.366 e. The molecule has 7 nitrogen and oxygen atoms in total. The predicted molar refractivity (Wildman–Crippen MR) is 72.7 cm³/mol. The number of likely N-dealkylation sites (N-methyl/N-ethyl adjacent to an activating group) is 1. The number of aryl methyl sites for hydroxylation is 1. The number of fused-ring (bicyclic) bond motifs is 1. The lowest BCUT2D eigenvalue weighted by molar-refractivity contribution is -0.159. The van der Waals surface area contributed by atoms with Gasteiger partial charge in [0.05, 0.1) is 17.8 Å². The van der Waals surface area contributed by atoms with Crippen LogP contribution >= 0.6 is 0 Å². The van der Waals surface area contributed by atoms with Crippen molar-refractivity contribution < 1.29 is 18.8 Å². The first kappa shape index (κ1) is 14.1. The van der Waals surface area contributed by atoms with Crippen LogP contribution < -0.4 is 0 Å². The van der Waals surface area contributed by atoms with E-state index < -0.39 is 0 Å². The molecule has 2 aliphatic rings. The van der Waals surface area contributed by atoms with Crippen molar-refractivity contribution in [1.29, 1.82) is 0 Å². The van der Waals surface area contributed by atoms with Crippen LogP contribution in [-0.4, -0.2) is 65.7 Å². The quantitative estimate of drug-likeness (QED) is 0.784. The molecular weight excluding hydrogens is 274 g/mol. The Morgan fingerprint density at radius 3 is 3.05 bits per heavy atom. The van der Waals surface area contributed by atoms with E-state index in [1.165, 1.54) is 0 Å². The van der Waals surface area contributed by atoms with Crippen LogP contribution in [0, 0.1) is 0 Å². The summed E-state index contributed by atoms with van der Waals surface area (Å²) in [6, 6.07) is 1.60. The third-order valence-electron chi connectivity index (χ3n) is 4.25. The van der Waals surface area contributed by atoms with Crippen molar-refractivity contribution in [3.63, 3.8) is 0 Å². The average Bonchev–Trinajstić information content (AvgIpc) is 2.99. The van der Waals surface area contributed by atoms with Gasteiger partial charge in [0.1, 0.15) is 6.61 Å². The number of hydrogen-bond acceptors (Lipinski definition) is 5. The van der Waals surface area contributed by atoms with Crippen LogP contribution in [0.25, 0.3) is 0 Å². The molecule has 1 aromatic heterocycles. The summed E-state index contributed by atoms with van der Waals surface area (Å²) in [5.74, 6) is 0.0431. The molecule has 0 aliphatic carbocycles. The normalized spacial score (nSPS) is 25.9. The van der Waals surface area contributed by atoms with Crippen molar-refractivity contribution in [3.05, 3.63) is 17.5 Å². The number of aromatic nitrogens is 1. The highest BCUT2D eigenvalue weighted by molar-refractivity contribution is 5.91. The van der Waals surface area contributed by atoms with Crippen LogP contribution in [0.5, 0.6) is 0 Å². The first-order valence-corrected chi connectivity index (χ1v) is 7.22. The number of nitrogens with zero attached hydrogens (tertiary/aromatic N) is 3. The lowest BCUT2D eigenvalue weighted by Crippen LogP contribution is -2.61. The summed E-state index contributed by atoms with van der Waals surface area (Å²) in [5, 5.41) is 3.85. The first-order chi connectivity index (χ1) is 10.1. The SMILES string of the molecule is CCc1cc(C(=O)N2CC[C@H]3OCC(=O)N(C)[C@H]3C2)on1. The van der Waals surface area contributed by atoms with E-state index in [2.05, 4.69) is 5.16 Å². The maximum absolute atomic E-state index is 12.4. The zero-order valence-corrected chi connectivity index (χ0v) is 12.2. The molecule has 0 unspecified atom stereocenters. The largest absolute Gasteiger partial charge is 0.366 e. The van der Waals surface area contributed by atoms with Crippen molar-refractivity contribution in [1.82, 2.24) is 15.0 Å². The summed E-state index contributed by atoms with van der Waals surface area (Å²) in [4.78, 5) is 27.5. The average molecular weight is 293 g/mol. The zero-order valence-electron chi connectivity index (χ0n) is 12.2. The molecule has 7 heteroatoms. The molecule has 3 rings (SSSR count). The van der Waals surface area contributed by atoms with E-state index in [0.29, 0.717) is 13.1 Å². The second-order valence-corrected chi connectivity index (χ2v) is 5.50. The lowest BCUT2D eigenvalue weighted by atomic mass is 9.99. The number of amides is 2. The first-order valence-electron chi connectivity index (χ1n) is 7.22. The summed E-state index contributed by atoms with van der Waals surface area (Å²) < 4.78 is 10.7. The number of piperidine rings is 1. The van der Waals surface area contributed by atoms with E-state index in [9.17, 15) is 9.59 Å². The van der Waals surface area contributed by atoms with Gasteiger partial charge in [0, 0.05) is 26.2 Å². The van der Waals surface area contributed by atoms with Crippen molar-refractivity contribution in [3.8, 4) is 0 Å². The number of likely N-dealkylation sites (tertiary alicyclic amines) is 1. The highest BCUT2D eigenvalue weighted by Crippen LogP contribution is 2.23. The van der Waals surface area contributed by atoms with Crippen LogP contribution in [-0.2, 0) is 16.0 Å². The van der Waals surface area contributed by atoms with Crippen molar-refractivity contribution in [2.24, 2.45) is 0 Å². The van der Waals surface area contributed by atoms with E-state index in [1.54, 1.807) is 22.9 Å². The Bertz CT molecular complexity index is 556. The zero-order chi connectivity index (χ0) is 15.0. The third-order valence-corrected chi connectivity index (χ3v) is 4.25. The topological polar surface area (TPSA) is 75.9 Å². The molecule has 0 bridgehead atoms.